The number of hydrogen-bond donors (Lipinski definition) is 1. The first kappa shape index (κ1) is 16.5. The lowest BCUT2D eigenvalue weighted by Crippen LogP contribution is -2.45. The van der Waals surface area contributed by atoms with Gasteiger partial charge in [-0.05, 0) is 30.4 Å². The third-order valence-corrected chi connectivity index (χ3v) is 4.48. The van der Waals surface area contributed by atoms with Crippen molar-refractivity contribution in [3.63, 3.8) is 0 Å². The fourth-order valence-corrected chi connectivity index (χ4v) is 2.87. The smallest absolute Gasteiger partial charge is 0.341 e. The molecule has 0 unspecified atom stereocenters. The van der Waals surface area contributed by atoms with E-state index >= 15 is 0 Å². The molecule has 1 aromatic rings. The van der Waals surface area contributed by atoms with Crippen LogP contribution in [0.25, 0.3) is 0 Å². The van der Waals surface area contributed by atoms with Gasteiger partial charge in [-0.15, -0.1) is 0 Å². The Kier molecular flexibility index (Phi) is 5.52. The molecule has 0 heterocycles. The van der Waals surface area contributed by atoms with Crippen molar-refractivity contribution in [1.29, 1.82) is 0 Å². The van der Waals surface area contributed by atoms with E-state index in [-0.39, 0.29) is 24.1 Å². The van der Waals surface area contributed by atoms with Crippen molar-refractivity contribution in [2.45, 2.75) is 39.2 Å². The van der Waals surface area contributed by atoms with Gasteiger partial charge in [0.25, 0.3) is 5.91 Å². The van der Waals surface area contributed by atoms with Crippen LogP contribution in [0.3, 0.4) is 0 Å². The van der Waals surface area contributed by atoms with Crippen LogP contribution in [-0.4, -0.2) is 24.5 Å². The maximum absolute atomic E-state index is 13.4. The molecule has 2 rings (SSSR count). The average Bonchev–Trinajstić information content (AvgIpc) is 2.50. The van der Waals surface area contributed by atoms with Crippen LogP contribution in [0.15, 0.2) is 24.3 Å². The minimum Gasteiger partial charge on any atom is -0.452 e. The highest BCUT2D eigenvalue weighted by atomic mass is 19.1. The zero-order chi connectivity index (χ0) is 16.1. The van der Waals surface area contributed by atoms with E-state index in [9.17, 15) is 14.0 Å². The van der Waals surface area contributed by atoms with Crippen molar-refractivity contribution in [3.8, 4) is 0 Å². The van der Waals surface area contributed by atoms with Gasteiger partial charge in [0.2, 0.25) is 0 Å². The molecule has 22 heavy (non-hydrogen) atoms. The van der Waals surface area contributed by atoms with E-state index in [0.29, 0.717) is 11.8 Å². The Balaban J connectivity index is 1.83. The fraction of sp³-hybridized carbons (Fsp3) is 0.529. The normalized spacial score (nSPS) is 24.6. The number of hydrogen-bond acceptors (Lipinski definition) is 3. The van der Waals surface area contributed by atoms with E-state index in [1.165, 1.54) is 24.6 Å². The Morgan fingerprint density at radius 2 is 2.00 bits per heavy atom. The quantitative estimate of drug-likeness (QED) is 0.870. The monoisotopic (exact) mass is 307 g/mol. The molecule has 1 saturated carbocycles. The second-order valence-electron chi connectivity index (χ2n) is 6.00. The average molecular weight is 307 g/mol. The highest BCUT2D eigenvalue weighted by Gasteiger charge is 2.28. The molecule has 5 heteroatoms. The topological polar surface area (TPSA) is 55.4 Å². The van der Waals surface area contributed by atoms with Gasteiger partial charge in [-0.3, -0.25) is 4.79 Å². The van der Waals surface area contributed by atoms with Gasteiger partial charge in [-0.1, -0.05) is 38.8 Å². The lowest BCUT2D eigenvalue weighted by atomic mass is 9.78. The third kappa shape index (κ3) is 4.06. The van der Waals surface area contributed by atoms with Gasteiger partial charge in [-0.25, -0.2) is 9.18 Å². The molecule has 1 aliphatic carbocycles. The number of esters is 1. The highest BCUT2D eigenvalue weighted by Crippen LogP contribution is 2.29. The maximum Gasteiger partial charge on any atom is 0.341 e. The Labute approximate surface area is 130 Å². The lowest BCUT2D eigenvalue weighted by molar-refractivity contribution is -0.125. The number of carbonyl (C=O) groups excluding carboxylic acids is 2. The summed E-state index contributed by atoms with van der Waals surface area (Å²) in [6.45, 7) is 3.92. The first-order valence-corrected chi connectivity index (χ1v) is 7.70. The largest absolute Gasteiger partial charge is 0.452 e. The molecule has 0 aromatic heterocycles. The van der Waals surface area contributed by atoms with Crippen LogP contribution in [-0.2, 0) is 9.53 Å². The van der Waals surface area contributed by atoms with E-state index in [4.69, 9.17) is 4.74 Å². The van der Waals surface area contributed by atoms with Crippen LogP contribution in [0, 0.1) is 17.7 Å². The van der Waals surface area contributed by atoms with E-state index < -0.39 is 11.8 Å². The molecular formula is C17H22FNO3. The minimum absolute atomic E-state index is 0.114. The van der Waals surface area contributed by atoms with Crippen LogP contribution >= 0.6 is 0 Å². The van der Waals surface area contributed by atoms with Crippen LogP contribution in [0.5, 0.6) is 0 Å². The second kappa shape index (κ2) is 7.38. The summed E-state index contributed by atoms with van der Waals surface area (Å²) in [5, 5.41) is 2.91. The molecule has 0 saturated heterocycles. The summed E-state index contributed by atoms with van der Waals surface area (Å²) in [5.74, 6) is -0.837. The molecule has 0 aliphatic heterocycles. The molecule has 0 spiro atoms. The van der Waals surface area contributed by atoms with Gasteiger partial charge in [0.05, 0.1) is 5.56 Å². The summed E-state index contributed by atoms with van der Waals surface area (Å²) in [5.41, 5.74) is -0.157. The molecular weight excluding hydrogens is 285 g/mol. The van der Waals surface area contributed by atoms with Crippen molar-refractivity contribution < 1.29 is 18.7 Å². The fourth-order valence-electron chi connectivity index (χ4n) is 2.87. The Morgan fingerprint density at radius 1 is 1.27 bits per heavy atom. The van der Waals surface area contributed by atoms with Crippen molar-refractivity contribution in [3.05, 3.63) is 35.6 Å². The summed E-state index contributed by atoms with van der Waals surface area (Å²) in [7, 11) is 0. The van der Waals surface area contributed by atoms with Crippen LogP contribution in [0.2, 0.25) is 0 Å². The molecule has 4 nitrogen and oxygen atoms in total. The highest BCUT2D eigenvalue weighted by molar-refractivity contribution is 5.91. The number of amides is 1. The number of carbonyl (C=O) groups is 2. The molecule has 1 aromatic carbocycles. The molecule has 3 atom stereocenters. The molecule has 1 fully saturated rings. The van der Waals surface area contributed by atoms with Crippen molar-refractivity contribution in [1.82, 2.24) is 5.32 Å². The number of rotatable bonds is 4. The van der Waals surface area contributed by atoms with E-state index in [1.807, 2.05) is 0 Å². The van der Waals surface area contributed by atoms with E-state index in [1.54, 1.807) is 6.07 Å². The summed E-state index contributed by atoms with van der Waals surface area (Å²) >= 11 is 0. The van der Waals surface area contributed by atoms with E-state index in [2.05, 4.69) is 19.2 Å². The van der Waals surface area contributed by atoms with E-state index in [0.717, 1.165) is 12.8 Å². The van der Waals surface area contributed by atoms with Crippen LogP contribution < -0.4 is 5.32 Å². The zero-order valence-corrected chi connectivity index (χ0v) is 13.0. The SMILES string of the molecule is C[C@@H]1[C@H](C)CCC[C@H]1NC(=O)COC(=O)c1ccccc1F. The molecule has 1 amide bonds. The number of nitrogens with one attached hydrogen (secondary N) is 1. The maximum atomic E-state index is 13.4. The van der Waals surface area contributed by atoms with Gasteiger partial charge < -0.3 is 10.1 Å². The van der Waals surface area contributed by atoms with Gasteiger partial charge in [0, 0.05) is 6.04 Å². The molecule has 120 valence electrons. The molecule has 1 N–H and O–H groups in total. The first-order valence-electron chi connectivity index (χ1n) is 7.70. The second-order valence-corrected chi connectivity index (χ2v) is 6.00. The Bertz CT molecular complexity index is 546. The van der Waals surface area contributed by atoms with Gasteiger partial charge >= 0.3 is 5.97 Å². The van der Waals surface area contributed by atoms with Gasteiger partial charge in [-0.2, -0.15) is 0 Å². The zero-order valence-electron chi connectivity index (χ0n) is 13.0. The number of benzene rings is 1. The van der Waals surface area contributed by atoms with Crippen LogP contribution in [0.4, 0.5) is 4.39 Å². The predicted octanol–water partition coefficient (Wildman–Crippen LogP) is 2.92. The summed E-state index contributed by atoms with van der Waals surface area (Å²) in [4.78, 5) is 23.6. The summed E-state index contributed by atoms with van der Waals surface area (Å²) in [6.07, 6.45) is 3.21. The summed E-state index contributed by atoms with van der Waals surface area (Å²) < 4.78 is 18.3. The molecule has 0 radical (unpaired) electrons. The standard InChI is InChI=1S/C17H22FNO3/c1-11-6-5-9-15(12(11)2)19-16(20)10-22-17(21)13-7-3-4-8-14(13)18/h3-4,7-8,11-12,15H,5-6,9-10H2,1-2H3,(H,19,20)/t11-,12-,15-/m1/s1. The number of halogens is 1. The van der Waals surface area contributed by atoms with Crippen molar-refractivity contribution >= 4 is 11.9 Å². The first-order chi connectivity index (χ1) is 10.5. The third-order valence-electron chi connectivity index (χ3n) is 4.48. The van der Waals surface area contributed by atoms with Gasteiger partial charge in [0.1, 0.15) is 5.82 Å². The molecule has 0 bridgehead atoms. The van der Waals surface area contributed by atoms with Crippen molar-refractivity contribution in [2.24, 2.45) is 11.8 Å². The summed E-state index contributed by atoms with van der Waals surface area (Å²) in [6, 6.07) is 5.67. The van der Waals surface area contributed by atoms with Crippen molar-refractivity contribution in [2.75, 3.05) is 6.61 Å². The number of ether oxygens (including phenoxy) is 1. The van der Waals surface area contributed by atoms with Crippen LogP contribution in [0.1, 0.15) is 43.5 Å². The Hall–Kier alpha value is -1.91. The molecule has 1 aliphatic rings. The minimum atomic E-state index is -0.821. The van der Waals surface area contributed by atoms with Gasteiger partial charge in [0.15, 0.2) is 6.61 Å². The predicted molar refractivity (Wildman–Crippen MR) is 80.8 cm³/mol. The lowest BCUT2D eigenvalue weighted by Gasteiger charge is -2.34. The Morgan fingerprint density at radius 3 is 2.73 bits per heavy atom.